The van der Waals surface area contributed by atoms with Gasteiger partial charge in [-0.2, -0.15) is 0 Å². The molecule has 1 fully saturated rings. The Morgan fingerprint density at radius 1 is 1.22 bits per heavy atom. The van der Waals surface area contributed by atoms with Crippen LogP contribution in [-0.4, -0.2) is 29.0 Å². The summed E-state index contributed by atoms with van der Waals surface area (Å²) in [5, 5.41) is 10.5. The fourth-order valence-electron chi connectivity index (χ4n) is 3.04. The zero-order valence-electron chi connectivity index (χ0n) is 14.3. The van der Waals surface area contributed by atoms with Gasteiger partial charge < -0.3 is 10.0 Å². The molecule has 1 N–H and O–H groups in total. The molecular weight excluding hydrogens is 293 g/mol. The van der Waals surface area contributed by atoms with E-state index in [1.807, 2.05) is 4.90 Å². The number of amides is 1. The third-order valence-corrected chi connectivity index (χ3v) is 5.19. The van der Waals surface area contributed by atoms with Gasteiger partial charge in [0.05, 0.1) is 6.10 Å². The summed E-state index contributed by atoms with van der Waals surface area (Å²) < 4.78 is 13.0. The van der Waals surface area contributed by atoms with Gasteiger partial charge in [-0.25, -0.2) is 4.39 Å². The van der Waals surface area contributed by atoms with Crippen LogP contribution in [0.1, 0.15) is 51.7 Å². The van der Waals surface area contributed by atoms with E-state index in [4.69, 9.17) is 0 Å². The quantitative estimate of drug-likeness (QED) is 0.896. The SMILES string of the molecule is CC(C)C(C)CC(=O)N1CCC(C(O)c2ccc(F)cc2)CC1. The fraction of sp³-hybridized carbons (Fsp3) is 0.632. The van der Waals surface area contributed by atoms with Crippen molar-refractivity contribution in [3.63, 3.8) is 0 Å². The van der Waals surface area contributed by atoms with Crippen molar-refractivity contribution in [1.29, 1.82) is 0 Å². The van der Waals surface area contributed by atoms with Crippen molar-refractivity contribution in [1.82, 2.24) is 4.90 Å². The van der Waals surface area contributed by atoms with E-state index in [2.05, 4.69) is 20.8 Å². The van der Waals surface area contributed by atoms with E-state index in [0.717, 1.165) is 18.4 Å². The number of benzene rings is 1. The number of carbonyl (C=O) groups is 1. The number of likely N-dealkylation sites (tertiary alicyclic amines) is 1. The molecule has 1 amide bonds. The average Bonchev–Trinajstić information content (AvgIpc) is 2.55. The Balaban J connectivity index is 1.85. The summed E-state index contributed by atoms with van der Waals surface area (Å²) in [6.07, 6.45) is 1.60. The van der Waals surface area contributed by atoms with Gasteiger partial charge >= 0.3 is 0 Å². The molecule has 1 aliphatic heterocycles. The molecule has 1 aromatic carbocycles. The highest BCUT2D eigenvalue weighted by atomic mass is 19.1. The van der Waals surface area contributed by atoms with E-state index in [0.29, 0.717) is 31.3 Å². The van der Waals surface area contributed by atoms with E-state index in [9.17, 15) is 14.3 Å². The number of piperidine rings is 1. The summed E-state index contributed by atoms with van der Waals surface area (Å²) in [7, 11) is 0. The number of nitrogens with zero attached hydrogens (tertiary/aromatic N) is 1. The Morgan fingerprint density at radius 2 is 1.78 bits per heavy atom. The van der Waals surface area contributed by atoms with Crippen LogP contribution in [0.2, 0.25) is 0 Å². The molecule has 23 heavy (non-hydrogen) atoms. The highest BCUT2D eigenvalue weighted by Gasteiger charge is 2.28. The third kappa shape index (κ3) is 4.77. The van der Waals surface area contributed by atoms with Crippen molar-refractivity contribution in [2.75, 3.05) is 13.1 Å². The van der Waals surface area contributed by atoms with Crippen molar-refractivity contribution < 1.29 is 14.3 Å². The van der Waals surface area contributed by atoms with Gasteiger partial charge in [-0.15, -0.1) is 0 Å². The summed E-state index contributed by atoms with van der Waals surface area (Å²) in [5.74, 6) is 0.968. The molecule has 1 aliphatic rings. The van der Waals surface area contributed by atoms with Gasteiger partial charge in [0, 0.05) is 19.5 Å². The van der Waals surface area contributed by atoms with Crippen molar-refractivity contribution in [2.45, 2.75) is 46.1 Å². The molecule has 0 radical (unpaired) electrons. The number of aliphatic hydroxyl groups is 1. The van der Waals surface area contributed by atoms with Crippen LogP contribution in [0, 0.1) is 23.6 Å². The maximum Gasteiger partial charge on any atom is 0.222 e. The van der Waals surface area contributed by atoms with Crippen LogP contribution in [-0.2, 0) is 4.79 Å². The van der Waals surface area contributed by atoms with Crippen LogP contribution in [0.3, 0.4) is 0 Å². The van der Waals surface area contributed by atoms with Crippen molar-refractivity contribution in [3.05, 3.63) is 35.6 Å². The Bertz CT molecular complexity index is 507. The third-order valence-electron chi connectivity index (χ3n) is 5.19. The number of hydrogen-bond acceptors (Lipinski definition) is 2. The van der Waals surface area contributed by atoms with Gasteiger partial charge in [0.25, 0.3) is 0 Å². The Labute approximate surface area is 138 Å². The molecular formula is C19H28FNO2. The topological polar surface area (TPSA) is 40.5 Å². The van der Waals surface area contributed by atoms with E-state index in [1.54, 1.807) is 12.1 Å². The van der Waals surface area contributed by atoms with Gasteiger partial charge in [0.15, 0.2) is 0 Å². The molecule has 2 unspecified atom stereocenters. The molecule has 0 aliphatic carbocycles. The first kappa shape index (κ1) is 17.9. The van der Waals surface area contributed by atoms with Crippen LogP contribution >= 0.6 is 0 Å². The van der Waals surface area contributed by atoms with E-state index < -0.39 is 6.10 Å². The molecule has 0 saturated carbocycles. The first-order valence-electron chi connectivity index (χ1n) is 8.59. The number of hydrogen-bond donors (Lipinski definition) is 1. The van der Waals surface area contributed by atoms with Crippen LogP contribution < -0.4 is 0 Å². The summed E-state index contributed by atoms with van der Waals surface area (Å²) in [6, 6.07) is 6.04. The second kappa shape index (κ2) is 7.91. The molecule has 0 spiro atoms. The number of rotatable bonds is 5. The molecule has 0 aromatic heterocycles. The molecule has 1 saturated heterocycles. The van der Waals surface area contributed by atoms with Crippen LogP contribution in [0.25, 0.3) is 0 Å². The predicted octanol–water partition coefficient (Wildman–Crippen LogP) is 3.78. The van der Waals surface area contributed by atoms with Gasteiger partial charge in [-0.05, 0) is 48.3 Å². The van der Waals surface area contributed by atoms with E-state index in [-0.39, 0.29) is 17.6 Å². The van der Waals surface area contributed by atoms with Gasteiger partial charge in [0.1, 0.15) is 5.82 Å². The second-order valence-corrected chi connectivity index (χ2v) is 7.14. The lowest BCUT2D eigenvalue weighted by atomic mass is 9.87. The Hall–Kier alpha value is -1.42. The van der Waals surface area contributed by atoms with Crippen molar-refractivity contribution in [3.8, 4) is 0 Å². The maximum absolute atomic E-state index is 13.0. The van der Waals surface area contributed by atoms with Gasteiger partial charge in [0.2, 0.25) is 5.91 Å². The molecule has 128 valence electrons. The standard InChI is InChI=1S/C19H28FNO2/c1-13(2)14(3)12-18(22)21-10-8-16(9-11-21)19(23)15-4-6-17(20)7-5-15/h4-7,13-14,16,19,23H,8-12H2,1-3H3. The molecule has 4 heteroatoms. The van der Waals surface area contributed by atoms with Crippen molar-refractivity contribution >= 4 is 5.91 Å². The normalized spacial score (nSPS) is 19.0. The Morgan fingerprint density at radius 3 is 2.30 bits per heavy atom. The minimum Gasteiger partial charge on any atom is -0.388 e. The van der Waals surface area contributed by atoms with Crippen LogP contribution in [0.4, 0.5) is 4.39 Å². The smallest absolute Gasteiger partial charge is 0.222 e. The van der Waals surface area contributed by atoms with Crippen LogP contribution in [0.5, 0.6) is 0 Å². The largest absolute Gasteiger partial charge is 0.388 e. The molecule has 2 rings (SSSR count). The van der Waals surface area contributed by atoms with E-state index >= 15 is 0 Å². The average molecular weight is 321 g/mol. The minimum absolute atomic E-state index is 0.132. The number of aliphatic hydroxyl groups excluding tert-OH is 1. The molecule has 1 aromatic rings. The first-order chi connectivity index (χ1) is 10.9. The van der Waals surface area contributed by atoms with E-state index in [1.165, 1.54) is 12.1 Å². The predicted molar refractivity (Wildman–Crippen MR) is 89.3 cm³/mol. The Kier molecular flexibility index (Phi) is 6.17. The number of carbonyl (C=O) groups excluding carboxylic acids is 1. The lowest BCUT2D eigenvalue weighted by Crippen LogP contribution is -2.40. The lowest BCUT2D eigenvalue weighted by Gasteiger charge is -2.35. The molecule has 3 nitrogen and oxygen atoms in total. The fourth-order valence-corrected chi connectivity index (χ4v) is 3.04. The monoisotopic (exact) mass is 321 g/mol. The second-order valence-electron chi connectivity index (χ2n) is 7.14. The molecule has 0 bridgehead atoms. The molecule has 1 heterocycles. The highest BCUT2D eigenvalue weighted by Crippen LogP contribution is 2.31. The van der Waals surface area contributed by atoms with Gasteiger partial charge in [-0.1, -0.05) is 32.9 Å². The maximum atomic E-state index is 13.0. The van der Waals surface area contributed by atoms with Crippen LogP contribution in [0.15, 0.2) is 24.3 Å². The summed E-state index contributed by atoms with van der Waals surface area (Å²) in [4.78, 5) is 14.2. The lowest BCUT2D eigenvalue weighted by molar-refractivity contribution is -0.134. The van der Waals surface area contributed by atoms with Crippen molar-refractivity contribution in [2.24, 2.45) is 17.8 Å². The zero-order chi connectivity index (χ0) is 17.0. The highest BCUT2D eigenvalue weighted by molar-refractivity contribution is 5.76. The first-order valence-corrected chi connectivity index (χ1v) is 8.59. The number of halogens is 1. The summed E-state index contributed by atoms with van der Waals surface area (Å²) in [6.45, 7) is 7.80. The molecule has 2 atom stereocenters. The summed E-state index contributed by atoms with van der Waals surface area (Å²) >= 11 is 0. The zero-order valence-corrected chi connectivity index (χ0v) is 14.3. The van der Waals surface area contributed by atoms with Gasteiger partial charge in [-0.3, -0.25) is 4.79 Å². The summed E-state index contributed by atoms with van der Waals surface area (Å²) in [5.41, 5.74) is 0.754. The minimum atomic E-state index is -0.581.